The van der Waals surface area contributed by atoms with Crippen LogP contribution in [0.25, 0.3) is 5.69 Å². The minimum absolute atomic E-state index is 0.108. The molecular formula is C17H13ClN4O3S. The fraction of sp³-hybridized carbons (Fsp3) is 0.0588. The van der Waals surface area contributed by atoms with Crippen molar-refractivity contribution < 1.29 is 9.72 Å². The Hall–Kier alpha value is -2.84. The van der Waals surface area contributed by atoms with Crippen molar-refractivity contribution in [2.75, 3.05) is 11.6 Å². The highest BCUT2D eigenvalue weighted by Crippen LogP contribution is 2.30. The van der Waals surface area contributed by atoms with E-state index in [0.29, 0.717) is 21.3 Å². The maximum absolute atomic E-state index is 12.6. The number of amides is 1. The fourth-order valence-corrected chi connectivity index (χ4v) is 3.23. The van der Waals surface area contributed by atoms with E-state index in [4.69, 9.17) is 11.6 Å². The van der Waals surface area contributed by atoms with Crippen molar-refractivity contribution >= 4 is 40.6 Å². The van der Waals surface area contributed by atoms with E-state index in [1.165, 1.54) is 22.5 Å². The number of nitro benzene ring substituents is 1. The van der Waals surface area contributed by atoms with Gasteiger partial charge in [-0.2, -0.15) is 5.10 Å². The largest absolute Gasteiger partial charge is 0.320 e. The highest BCUT2D eigenvalue weighted by Gasteiger charge is 2.18. The summed E-state index contributed by atoms with van der Waals surface area (Å²) in [6.07, 6.45) is 5.04. The lowest BCUT2D eigenvalue weighted by molar-refractivity contribution is -0.387. The van der Waals surface area contributed by atoms with Crippen molar-refractivity contribution in [2.24, 2.45) is 0 Å². The number of carbonyl (C=O) groups excluding carboxylic acids is 1. The van der Waals surface area contributed by atoms with E-state index in [1.54, 1.807) is 55.0 Å². The molecule has 1 N–H and O–H groups in total. The van der Waals surface area contributed by atoms with Gasteiger partial charge in [-0.25, -0.2) is 4.68 Å². The van der Waals surface area contributed by atoms with Gasteiger partial charge in [0.15, 0.2) is 0 Å². The summed E-state index contributed by atoms with van der Waals surface area (Å²) in [6, 6.07) is 11.2. The van der Waals surface area contributed by atoms with Crippen molar-refractivity contribution in [1.82, 2.24) is 9.78 Å². The summed E-state index contributed by atoms with van der Waals surface area (Å²) in [7, 11) is 0. The number of hydrogen-bond donors (Lipinski definition) is 1. The van der Waals surface area contributed by atoms with Crippen LogP contribution in [0.5, 0.6) is 0 Å². The zero-order valence-corrected chi connectivity index (χ0v) is 15.1. The Bertz CT molecular complexity index is 976. The average molecular weight is 389 g/mol. The second kappa shape index (κ2) is 7.59. The number of carbonyl (C=O) groups is 1. The van der Waals surface area contributed by atoms with Gasteiger partial charge in [-0.3, -0.25) is 14.9 Å². The van der Waals surface area contributed by atoms with E-state index in [1.807, 2.05) is 0 Å². The molecule has 1 aromatic heterocycles. The molecule has 26 heavy (non-hydrogen) atoms. The number of aromatic nitrogens is 2. The third-order valence-corrected chi connectivity index (χ3v) is 4.70. The first-order valence-electron chi connectivity index (χ1n) is 7.43. The quantitative estimate of drug-likeness (QED) is 0.397. The second-order valence-electron chi connectivity index (χ2n) is 5.18. The second-order valence-corrected chi connectivity index (χ2v) is 6.44. The zero-order valence-electron chi connectivity index (χ0n) is 13.5. The van der Waals surface area contributed by atoms with Gasteiger partial charge in [-0.1, -0.05) is 17.7 Å². The summed E-state index contributed by atoms with van der Waals surface area (Å²) in [5.74, 6) is -0.476. The summed E-state index contributed by atoms with van der Waals surface area (Å²) in [4.78, 5) is 23.8. The average Bonchev–Trinajstić information content (AvgIpc) is 3.15. The molecule has 0 saturated heterocycles. The molecule has 0 bridgehead atoms. The van der Waals surface area contributed by atoms with E-state index in [2.05, 4.69) is 10.4 Å². The lowest BCUT2D eigenvalue weighted by atomic mass is 10.1. The fourth-order valence-electron chi connectivity index (χ4n) is 2.42. The first kappa shape index (κ1) is 18.0. The van der Waals surface area contributed by atoms with Gasteiger partial charge in [0.2, 0.25) is 0 Å². The van der Waals surface area contributed by atoms with Gasteiger partial charge in [-0.15, -0.1) is 11.8 Å². The van der Waals surface area contributed by atoms with Crippen LogP contribution in [0.1, 0.15) is 10.4 Å². The Labute approximate surface area is 158 Å². The van der Waals surface area contributed by atoms with Crippen molar-refractivity contribution in [1.29, 1.82) is 0 Å². The van der Waals surface area contributed by atoms with Crippen LogP contribution in [0.4, 0.5) is 11.4 Å². The molecule has 0 unspecified atom stereocenters. The number of rotatable bonds is 5. The minimum Gasteiger partial charge on any atom is -0.320 e. The number of nitrogens with zero attached hydrogens (tertiary/aromatic N) is 3. The standard InChI is InChI=1S/C17H13ClN4O3S/c1-26-15-7-6-11(10-14(15)22(24)25)17(23)20-13-5-2-4-12(18)16(13)21-9-3-8-19-21/h2-10H,1H3,(H,20,23). The molecule has 3 aromatic rings. The highest BCUT2D eigenvalue weighted by atomic mass is 35.5. The molecule has 1 heterocycles. The number of benzene rings is 2. The number of thioether (sulfide) groups is 1. The minimum atomic E-state index is -0.503. The summed E-state index contributed by atoms with van der Waals surface area (Å²) in [5.41, 5.74) is 1.04. The Balaban J connectivity index is 1.96. The van der Waals surface area contributed by atoms with E-state index in [9.17, 15) is 14.9 Å². The molecule has 0 radical (unpaired) electrons. The van der Waals surface area contributed by atoms with Gasteiger partial charge in [0.1, 0.15) is 5.69 Å². The molecule has 0 aliphatic rings. The van der Waals surface area contributed by atoms with E-state index < -0.39 is 10.8 Å². The maximum Gasteiger partial charge on any atom is 0.283 e. The third kappa shape index (κ3) is 3.56. The summed E-state index contributed by atoms with van der Waals surface area (Å²) in [5, 5.41) is 18.5. The molecule has 0 spiro atoms. The van der Waals surface area contributed by atoms with E-state index >= 15 is 0 Å². The van der Waals surface area contributed by atoms with Crippen molar-refractivity contribution in [3.05, 3.63) is 75.6 Å². The lowest BCUT2D eigenvalue weighted by Gasteiger charge is -2.13. The smallest absolute Gasteiger partial charge is 0.283 e. The van der Waals surface area contributed by atoms with Gasteiger partial charge < -0.3 is 5.32 Å². The molecule has 3 rings (SSSR count). The van der Waals surface area contributed by atoms with Gasteiger partial charge in [-0.05, 0) is 36.6 Å². The predicted molar refractivity (Wildman–Crippen MR) is 101 cm³/mol. The number of nitrogens with one attached hydrogen (secondary N) is 1. The molecule has 7 nitrogen and oxygen atoms in total. The van der Waals surface area contributed by atoms with Gasteiger partial charge in [0, 0.05) is 24.0 Å². The number of hydrogen-bond acceptors (Lipinski definition) is 5. The van der Waals surface area contributed by atoms with Crippen LogP contribution < -0.4 is 5.32 Å². The molecule has 9 heteroatoms. The van der Waals surface area contributed by atoms with Crippen LogP contribution in [0.15, 0.2) is 59.8 Å². The summed E-state index contributed by atoms with van der Waals surface area (Å²) < 4.78 is 1.54. The molecule has 0 saturated carbocycles. The number of halogens is 1. The molecule has 0 fully saturated rings. The first-order chi connectivity index (χ1) is 12.5. The van der Waals surface area contributed by atoms with Gasteiger partial charge >= 0.3 is 0 Å². The van der Waals surface area contributed by atoms with E-state index in [0.717, 1.165) is 0 Å². The molecule has 132 valence electrons. The highest BCUT2D eigenvalue weighted by molar-refractivity contribution is 7.98. The Kier molecular flexibility index (Phi) is 5.24. The van der Waals surface area contributed by atoms with Crippen molar-refractivity contribution in [2.45, 2.75) is 4.90 Å². The monoisotopic (exact) mass is 388 g/mol. The lowest BCUT2D eigenvalue weighted by Crippen LogP contribution is -2.14. The summed E-state index contributed by atoms with van der Waals surface area (Å²) >= 11 is 7.50. The predicted octanol–water partition coefficient (Wildman–Crippen LogP) is 4.41. The van der Waals surface area contributed by atoms with Crippen molar-refractivity contribution in [3.8, 4) is 5.69 Å². The number of anilines is 1. The Morgan fingerprint density at radius 1 is 1.31 bits per heavy atom. The zero-order chi connectivity index (χ0) is 18.7. The Morgan fingerprint density at radius 3 is 2.77 bits per heavy atom. The molecule has 0 atom stereocenters. The van der Waals surface area contributed by atoms with E-state index in [-0.39, 0.29) is 11.3 Å². The molecular weight excluding hydrogens is 376 g/mol. The van der Waals surface area contributed by atoms with Crippen LogP contribution >= 0.6 is 23.4 Å². The maximum atomic E-state index is 12.6. The normalized spacial score (nSPS) is 10.5. The van der Waals surface area contributed by atoms with Gasteiger partial charge in [0.05, 0.1) is 20.5 Å². The summed E-state index contributed by atoms with van der Waals surface area (Å²) in [6.45, 7) is 0. The van der Waals surface area contributed by atoms with Crippen LogP contribution in [0.3, 0.4) is 0 Å². The molecule has 2 aromatic carbocycles. The van der Waals surface area contributed by atoms with Crippen LogP contribution in [0, 0.1) is 10.1 Å². The van der Waals surface area contributed by atoms with Crippen LogP contribution in [0.2, 0.25) is 5.02 Å². The van der Waals surface area contributed by atoms with Gasteiger partial charge in [0.25, 0.3) is 11.6 Å². The number of nitro groups is 1. The SMILES string of the molecule is CSc1ccc(C(=O)Nc2cccc(Cl)c2-n2cccn2)cc1[N+](=O)[O-]. The van der Waals surface area contributed by atoms with Crippen LogP contribution in [-0.4, -0.2) is 26.9 Å². The topological polar surface area (TPSA) is 90.1 Å². The number of para-hydroxylation sites is 1. The third-order valence-electron chi connectivity index (χ3n) is 3.61. The Morgan fingerprint density at radius 2 is 2.12 bits per heavy atom. The van der Waals surface area contributed by atoms with Crippen LogP contribution in [-0.2, 0) is 0 Å². The first-order valence-corrected chi connectivity index (χ1v) is 9.04. The van der Waals surface area contributed by atoms with Crippen molar-refractivity contribution in [3.63, 3.8) is 0 Å². The molecule has 1 amide bonds. The molecule has 0 aliphatic heterocycles. The molecule has 0 aliphatic carbocycles.